The Morgan fingerprint density at radius 2 is 2.00 bits per heavy atom. The lowest BCUT2D eigenvalue weighted by atomic mass is 9.82. The Hall–Kier alpha value is -1.55. The summed E-state index contributed by atoms with van der Waals surface area (Å²) in [6.07, 6.45) is 4.00. The molecule has 1 aromatic rings. The number of hydrogen-bond acceptors (Lipinski definition) is 3. The lowest BCUT2D eigenvalue weighted by Gasteiger charge is -2.27. The quantitative estimate of drug-likeness (QED) is 0.800. The van der Waals surface area contributed by atoms with Gasteiger partial charge < -0.3 is 4.74 Å². The van der Waals surface area contributed by atoms with Crippen molar-refractivity contribution in [3.05, 3.63) is 53.7 Å². The van der Waals surface area contributed by atoms with Crippen LogP contribution in [0.25, 0.3) is 0 Å². The molecule has 3 nitrogen and oxygen atoms in total. The zero-order valence-electron chi connectivity index (χ0n) is 12.2. The van der Waals surface area contributed by atoms with Crippen LogP contribution in [0, 0.1) is 11.8 Å². The standard InChI is InChI=1S/C17H20O3S/c1-3-13-11-15-12(2)9-10-16(17(15)20-13)21(18,19)14-7-5-4-6-8-14/h3-8,12-13,15H,1,9-11H2,2H3/t12-,13+,15+/m1/s1. The van der Waals surface area contributed by atoms with Gasteiger partial charge in [0.15, 0.2) is 0 Å². The SMILES string of the molecule is C=C[C@H]1C[C@@H]2C(=C(S(=O)(=O)c3ccccc3)CC[C@H]2C)O1. The lowest BCUT2D eigenvalue weighted by Crippen LogP contribution is -2.21. The molecule has 1 heterocycles. The fraction of sp³-hybridized carbons (Fsp3) is 0.412. The van der Waals surface area contributed by atoms with Crippen LogP contribution in [-0.4, -0.2) is 14.5 Å². The monoisotopic (exact) mass is 304 g/mol. The van der Waals surface area contributed by atoms with E-state index in [0.717, 1.165) is 12.8 Å². The van der Waals surface area contributed by atoms with Crippen molar-refractivity contribution >= 4 is 9.84 Å². The van der Waals surface area contributed by atoms with Gasteiger partial charge in [0.05, 0.1) is 9.80 Å². The summed E-state index contributed by atoms with van der Waals surface area (Å²) in [7, 11) is -3.45. The normalized spacial score (nSPS) is 28.9. The summed E-state index contributed by atoms with van der Waals surface area (Å²) >= 11 is 0. The van der Waals surface area contributed by atoms with Gasteiger partial charge in [-0.05, 0) is 37.3 Å². The number of allylic oxidation sites excluding steroid dienone is 2. The molecule has 1 saturated heterocycles. The molecule has 1 aliphatic heterocycles. The molecule has 0 amide bonds. The van der Waals surface area contributed by atoms with Crippen molar-refractivity contribution in [1.82, 2.24) is 0 Å². The van der Waals surface area contributed by atoms with Gasteiger partial charge in [-0.3, -0.25) is 0 Å². The van der Waals surface area contributed by atoms with E-state index in [1.807, 2.05) is 6.07 Å². The molecule has 4 heteroatoms. The molecule has 3 atom stereocenters. The molecule has 0 saturated carbocycles. The smallest absolute Gasteiger partial charge is 0.206 e. The van der Waals surface area contributed by atoms with Gasteiger partial charge >= 0.3 is 0 Å². The highest BCUT2D eigenvalue weighted by molar-refractivity contribution is 7.95. The van der Waals surface area contributed by atoms with Crippen LogP contribution in [0.1, 0.15) is 26.2 Å². The maximum Gasteiger partial charge on any atom is 0.206 e. The largest absolute Gasteiger partial charge is 0.489 e. The van der Waals surface area contributed by atoms with Crippen LogP contribution in [0.2, 0.25) is 0 Å². The Bertz CT molecular complexity index is 673. The zero-order chi connectivity index (χ0) is 15.0. The van der Waals surface area contributed by atoms with Crippen LogP contribution in [0.3, 0.4) is 0 Å². The summed E-state index contributed by atoms with van der Waals surface area (Å²) in [5.41, 5.74) is 0. The highest BCUT2D eigenvalue weighted by atomic mass is 32.2. The van der Waals surface area contributed by atoms with E-state index in [1.54, 1.807) is 30.3 Å². The van der Waals surface area contributed by atoms with E-state index in [1.165, 1.54) is 0 Å². The van der Waals surface area contributed by atoms with Gasteiger partial charge in [0.2, 0.25) is 9.84 Å². The Balaban J connectivity index is 2.08. The number of ether oxygens (including phenoxy) is 1. The minimum absolute atomic E-state index is 0.0634. The van der Waals surface area contributed by atoms with E-state index in [4.69, 9.17) is 4.74 Å². The molecule has 1 aromatic carbocycles. The van der Waals surface area contributed by atoms with Crippen molar-refractivity contribution in [2.24, 2.45) is 11.8 Å². The maximum atomic E-state index is 12.9. The highest BCUT2D eigenvalue weighted by Gasteiger charge is 2.42. The predicted octanol–water partition coefficient (Wildman–Crippen LogP) is 3.69. The first kappa shape index (κ1) is 14.4. The van der Waals surface area contributed by atoms with Crippen LogP contribution in [0.15, 0.2) is 58.5 Å². The molecule has 112 valence electrons. The summed E-state index contributed by atoms with van der Waals surface area (Å²) in [4.78, 5) is 0.826. The van der Waals surface area contributed by atoms with Crippen molar-refractivity contribution in [1.29, 1.82) is 0 Å². The van der Waals surface area contributed by atoms with Gasteiger partial charge in [-0.25, -0.2) is 8.42 Å². The van der Waals surface area contributed by atoms with E-state index in [-0.39, 0.29) is 12.0 Å². The van der Waals surface area contributed by atoms with Gasteiger partial charge in [-0.15, -0.1) is 0 Å². The number of hydrogen-bond donors (Lipinski definition) is 0. The number of fused-ring (bicyclic) bond motifs is 1. The Morgan fingerprint density at radius 3 is 2.67 bits per heavy atom. The third kappa shape index (κ3) is 2.42. The van der Waals surface area contributed by atoms with Crippen molar-refractivity contribution in [3.63, 3.8) is 0 Å². The number of rotatable bonds is 3. The van der Waals surface area contributed by atoms with Gasteiger partial charge in [-0.1, -0.05) is 37.8 Å². The molecule has 1 fully saturated rings. The molecular weight excluding hydrogens is 284 g/mol. The minimum atomic E-state index is -3.45. The van der Waals surface area contributed by atoms with Crippen LogP contribution in [0.5, 0.6) is 0 Å². The van der Waals surface area contributed by atoms with E-state index < -0.39 is 9.84 Å². The summed E-state index contributed by atoms with van der Waals surface area (Å²) in [6.45, 7) is 5.95. The van der Waals surface area contributed by atoms with Crippen LogP contribution in [-0.2, 0) is 14.6 Å². The molecule has 0 N–H and O–H groups in total. The third-order valence-corrected chi connectivity index (χ3v) is 6.48. The lowest BCUT2D eigenvalue weighted by molar-refractivity contribution is 0.192. The summed E-state index contributed by atoms with van der Waals surface area (Å²) in [5, 5.41) is 0. The van der Waals surface area contributed by atoms with Crippen LogP contribution in [0.4, 0.5) is 0 Å². The summed E-state index contributed by atoms with van der Waals surface area (Å²) < 4.78 is 31.6. The van der Waals surface area contributed by atoms with Crippen LogP contribution < -0.4 is 0 Å². The molecule has 0 radical (unpaired) electrons. The second kappa shape index (κ2) is 5.34. The number of benzene rings is 1. The highest BCUT2D eigenvalue weighted by Crippen LogP contribution is 2.46. The topological polar surface area (TPSA) is 43.4 Å². The van der Waals surface area contributed by atoms with Gasteiger partial charge in [-0.2, -0.15) is 0 Å². The van der Waals surface area contributed by atoms with Crippen LogP contribution >= 0.6 is 0 Å². The van der Waals surface area contributed by atoms with Crippen molar-refractivity contribution in [2.45, 2.75) is 37.2 Å². The first-order valence-corrected chi connectivity index (χ1v) is 8.84. The Morgan fingerprint density at radius 1 is 1.29 bits per heavy atom. The molecule has 21 heavy (non-hydrogen) atoms. The number of sulfone groups is 1. The molecular formula is C17H20O3S. The van der Waals surface area contributed by atoms with Gasteiger partial charge in [0.1, 0.15) is 11.9 Å². The predicted molar refractivity (Wildman–Crippen MR) is 82.2 cm³/mol. The van der Waals surface area contributed by atoms with E-state index in [0.29, 0.717) is 27.9 Å². The second-order valence-electron chi connectivity index (χ2n) is 5.85. The fourth-order valence-electron chi connectivity index (χ4n) is 3.26. The van der Waals surface area contributed by atoms with E-state index >= 15 is 0 Å². The molecule has 1 aliphatic carbocycles. The molecule has 0 bridgehead atoms. The average Bonchev–Trinajstić information content (AvgIpc) is 2.93. The maximum absolute atomic E-state index is 12.9. The van der Waals surface area contributed by atoms with Gasteiger partial charge in [0, 0.05) is 5.92 Å². The molecule has 3 rings (SSSR count). The average molecular weight is 304 g/mol. The second-order valence-corrected chi connectivity index (χ2v) is 7.83. The van der Waals surface area contributed by atoms with Crippen molar-refractivity contribution in [3.8, 4) is 0 Å². The first-order chi connectivity index (χ1) is 10.0. The van der Waals surface area contributed by atoms with E-state index in [9.17, 15) is 8.42 Å². The molecule has 0 spiro atoms. The van der Waals surface area contributed by atoms with Gasteiger partial charge in [0.25, 0.3) is 0 Å². The molecule has 0 aromatic heterocycles. The Labute approximate surface area is 126 Å². The Kier molecular flexibility index (Phi) is 3.66. The molecule has 2 aliphatic rings. The van der Waals surface area contributed by atoms with Crippen molar-refractivity contribution < 1.29 is 13.2 Å². The van der Waals surface area contributed by atoms with Crippen molar-refractivity contribution in [2.75, 3.05) is 0 Å². The summed E-state index contributed by atoms with van der Waals surface area (Å²) in [5.74, 6) is 1.34. The first-order valence-electron chi connectivity index (χ1n) is 7.36. The molecule has 0 unspecified atom stereocenters. The minimum Gasteiger partial charge on any atom is -0.489 e. The zero-order valence-corrected chi connectivity index (χ0v) is 13.0. The summed E-state index contributed by atoms with van der Waals surface area (Å²) in [6, 6.07) is 8.63. The van der Waals surface area contributed by atoms with E-state index in [2.05, 4.69) is 13.5 Å². The third-order valence-electron chi connectivity index (χ3n) is 4.53. The fourth-order valence-corrected chi connectivity index (χ4v) is 4.91.